The van der Waals surface area contributed by atoms with Gasteiger partial charge in [-0.15, -0.1) is 0 Å². The van der Waals surface area contributed by atoms with Gasteiger partial charge < -0.3 is 0 Å². The Balaban J connectivity index is 3.07. The summed E-state index contributed by atoms with van der Waals surface area (Å²) in [4.78, 5) is 11.1. The Hall–Kier alpha value is -0.371. The molecule has 0 unspecified atom stereocenters. The van der Waals surface area contributed by atoms with E-state index in [4.69, 9.17) is 0 Å². The molecule has 0 saturated carbocycles. The second-order valence-electron chi connectivity index (χ2n) is 1.95. The fraction of sp³-hybridized carbons (Fsp3) is 0. The first-order valence-electron chi connectivity index (χ1n) is 2.86. The number of rotatable bonds is 0. The van der Waals surface area contributed by atoms with Gasteiger partial charge in [-0.25, -0.2) is 0 Å². The third-order valence-corrected chi connectivity index (χ3v) is 5.15. The number of fused-ring (bicyclic) bond motifs is 1. The predicted molar refractivity (Wildman–Crippen MR) is 45.0 cm³/mol. The van der Waals surface area contributed by atoms with Crippen molar-refractivity contribution in [3.63, 3.8) is 0 Å². The van der Waals surface area contributed by atoms with Crippen LogP contribution < -0.4 is 4.30 Å². The van der Waals surface area contributed by atoms with Gasteiger partial charge in [-0.2, -0.15) is 0 Å². The molecule has 0 amide bonds. The SMILES string of the molecule is O=c1[se]sc2ccccc12. The molecule has 2 aromatic rings. The molecule has 1 heterocycles. The van der Waals surface area contributed by atoms with E-state index >= 15 is 0 Å². The average Bonchev–Trinajstić information content (AvgIpc) is 2.34. The maximum absolute atomic E-state index is 11.1. The van der Waals surface area contributed by atoms with Gasteiger partial charge in [-0.05, 0) is 0 Å². The van der Waals surface area contributed by atoms with Gasteiger partial charge in [0, 0.05) is 0 Å². The van der Waals surface area contributed by atoms with E-state index < -0.39 is 0 Å². The second kappa shape index (κ2) is 2.35. The first-order valence-corrected chi connectivity index (χ1v) is 6.55. The molecule has 1 nitrogen and oxygen atoms in total. The summed E-state index contributed by atoms with van der Waals surface area (Å²) < 4.78 is 1.49. The second-order valence-corrected chi connectivity index (χ2v) is 5.60. The van der Waals surface area contributed by atoms with Gasteiger partial charge in [0.25, 0.3) is 0 Å². The third kappa shape index (κ3) is 0.870. The molecule has 0 N–H and O–H groups in total. The molecule has 1 aromatic carbocycles. The molecule has 0 spiro atoms. The van der Waals surface area contributed by atoms with E-state index in [1.54, 1.807) is 9.72 Å². The minimum atomic E-state index is 0.115. The van der Waals surface area contributed by atoms with E-state index in [1.165, 1.54) is 0 Å². The molecule has 0 saturated heterocycles. The van der Waals surface area contributed by atoms with Crippen LogP contribution in [0.5, 0.6) is 0 Å². The van der Waals surface area contributed by atoms with Crippen LogP contribution in [0, 0.1) is 0 Å². The quantitative estimate of drug-likeness (QED) is 0.606. The monoisotopic (exact) mass is 216 g/mol. The van der Waals surface area contributed by atoms with Crippen molar-refractivity contribution in [1.29, 1.82) is 0 Å². The van der Waals surface area contributed by atoms with Crippen molar-refractivity contribution in [3.8, 4) is 0 Å². The summed E-state index contributed by atoms with van der Waals surface area (Å²) in [6.07, 6.45) is 0. The van der Waals surface area contributed by atoms with Crippen molar-refractivity contribution in [2.24, 2.45) is 0 Å². The van der Waals surface area contributed by atoms with E-state index in [2.05, 4.69) is 0 Å². The summed E-state index contributed by atoms with van der Waals surface area (Å²) in [7, 11) is 1.69. The molecule has 10 heavy (non-hydrogen) atoms. The van der Waals surface area contributed by atoms with Crippen LogP contribution in [0.4, 0.5) is 0 Å². The normalized spacial score (nSPS) is 10.4. The minimum absolute atomic E-state index is 0.115. The fourth-order valence-corrected chi connectivity index (χ4v) is 4.52. The van der Waals surface area contributed by atoms with Crippen molar-refractivity contribution in [2.75, 3.05) is 0 Å². The van der Waals surface area contributed by atoms with E-state index in [0.29, 0.717) is 4.30 Å². The van der Waals surface area contributed by atoms with E-state index in [9.17, 15) is 4.79 Å². The van der Waals surface area contributed by atoms with Crippen LogP contribution in [0.15, 0.2) is 29.1 Å². The Kier molecular flexibility index (Phi) is 1.49. The van der Waals surface area contributed by atoms with Crippen LogP contribution in [-0.2, 0) is 0 Å². The predicted octanol–water partition coefficient (Wildman–Crippen LogP) is 1.32. The molecule has 0 atom stereocenters. The zero-order valence-corrected chi connectivity index (χ0v) is 7.56. The Morgan fingerprint density at radius 2 is 2.10 bits per heavy atom. The molecule has 0 bridgehead atoms. The molecule has 50 valence electrons. The molecular formula is C7H4OSSe. The molecule has 0 fully saturated rings. The Morgan fingerprint density at radius 3 is 2.90 bits per heavy atom. The zero-order valence-electron chi connectivity index (χ0n) is 5.03. The zero-order chi connectivity index (χ0) is 6.97. The van der Waals surface area contributed by atoms with Gasteiger partial charge in [-0.1, -0.05) is 0 Å². The number of hydrogen-bond donors (Lipinski definition) is 0. The Bertz CT molecular complexity index is 401. The van der Waals surface area contributed by atoms with Crippen molar-refractivity contribution in [1.82, 2.24) is 0 Å². The van der Waals surface area contributed by atoms with E-state index in [1.807, 2.05) is 24.3 Å². The van der Waals surface area contributed by atoms with Crippen LogP contribution in [-0.4, -0.2) is 13.3 Å². The number of benzene rings is 1. The molecular weight excluding hydrogens is 211 g/mol. The van der Waals surface area contributed by atoms with Gasteiger partial charge in [0.15, 0.2) is 0 Å². The summed E-state index contributed by atoms with van der Waals surface area (Å²) in [6.45, 7) is 0. The summed E-state index contributed by atoms with van der Waals surface area (Å²) in [5.41, 5.74) is 0. The van der Waals surface area contributed by atoms with Gasteiger partial charge in [0.1, 0.15) is 0 Å². The van der Waals surface area contributed by atoms with E-state index in [-0.39, 0.29) is 13.3 Å². The van der Waals surface area contributed by atoms with Crippen molar-refractivity contribution >= 4 is 33.2 Å². The molecule has 2 rings (SSSR count). The summed E-state index contributed by atoms with van der Waals surface area (Å²) in [6, 6.07) is 7.80. The fourth-order valence-electron chi connectivity index (χ4n) is 0.836. The van der Waals surface area contributed by atoms with Crippen LogP contribution >= 0.6 is 9.72 Å². The first kappa shape index (κ1) is 6.35. The van der Waals surface area contributed by atoms with Crippen LogP contribution in [0.25, 0.3) is 10.1 Å². The maximum atomic E-state index is 11.1. The number of hydrogen-bond acceptors (Lipinski definition) is 2. The van der Waals surface area contributed by atoms with Crippen molar-refractivity contribution in [3.05, 3.63) is 33.4 Å². The summed E-state index contributed by atoms with van der Waals surface area (Å²) >= 11 is 0.115. The standard InChI is InChI=1S/C7H4OSSe/c8-7-5-3-1-2-4-6(5)9-10-7/h1-4H. The summed E-state index contributed by atoms with van der Waals surface area (Å²) in [5, 5.41) is 0.924. The molecule has 3 heteroatoms. The first-order chi connectivity index (χ1) is 4.88. The third-order valence-electron chi connectivity index (χ3n) is 1.31. The molecule has 0 radical (unpaired) electrons. The van der Waals surface area contributed by atoms with Gasteiger partial charge in [-0.3, -0.25) is 0 Å². The Labute approximate surface area is 66.7 Å². The summed E-state index contributed by atoms with van der Waals surface area (Å²) in [5.74, 6) is 0. The Morgan fingerprint density at radius 1 is 1.30 bits per heavy atom. The average molecular weight is 215 g/mol. The van der Waals surface area contributed by atoms with Gasteiger partial charge in [0.05, 0.1) is 0 Å². The molecule has 0 aliphatic rings. The van der Waals surface area contributed by atoms with E-state index in [0.717, 1.165) is 10.1 Å². The van der Waals surface area contributed by atoms with Crippen LogP contribution in [0.2, 0.25) is 0 Å². The molecule has 1 aromatic heterocycles. The molecule has 0 aliphatic carbocycles. The van der Waals surface area contributed by atoms with Gasteiger partial charge in [0.2, 0.25) is 0 Å². The van der Waals surface area contributed by atoms with Crippen molar-refractivity contribution < 1.29 is 0 Å². The topological polar surface area (TPSA) is 17.1 Å². The van der Waals surface area contributed by atoms with Crippen LogP contribution in [0.3, 0.4) is 0 Å². The van der Waals surface area contributed by atoms with Gasteiger partial charge >= 0.3 is 66.5 Å². The van der Waals surface area contributed by atoms with Crippen molar-refractivity contribution in [2.45, 2.75) is 0 Å². The molecule has 0 aliphatic heterocycles. The van der Waals surface area contributed by atoms with Crippen LogP contribution in [0.1, 0.15) is 0 Å².